The maximum atomic E-state index is 11.5. The summed E-state index contributed by atoms with van der Waals surface area (Å²) < 4.78 is 8.92. The van der Waals surface area contributed by atoms with Crippen LogP contribution < -0.4 is 0 Å². The van der Waals surface area contributed by atoms with Crippen LogP contribution in [0.1, 0.15) is 17.5 Å². The van der Waals surface area contributed by atoms with Crippen LogP contribution in [0.3, 0.4) is 0 Å². The second kappa shape index (κ2) is 10.2. The van der Waals surface area contributed by atoms with E-state index < -0.39 is 30.3 Å². The quantitative estimate of drug-likeness (QED) is 0.445. The van der Waals surface area contributed by atoms with Crippen molar-refractivity contribution in [3.05, 3.63) is 83.9 Å². The third-order valence-corrected chi connectivity index (χ3v) is 3.14. The van der Waals surface area contributed by atoms with Gasteiger partial charge in [-0.15, -0.1) is 0 Å². The number of benzene rings is 2. The fourth-order valence-electron chi connectivity index (χ4n) is 1.94. The predicted octanol–water partition coefficient (Wildman–Crippen LogP) is 2.94. The second-order valence-corrected chi connectivity index (χ2v) is 5.25. The molecule has 6 heteroatoms. The fraction of sp³-hybridized carbons (Fsp3) is 0.0476. The first kappa shape index (κ1) is 19.5. The molecule has 0 saturated heterocycles. The minimum Gasteiger partial charge on any atom is -0.389 e. The number of rotatable bonds is 6. The molecule has 2 aromatic carbocycles. The Balaban J connectivity index is 1.75. The molecule has 0 aliphatic rings. The lowest BCUT2D eigenvalue weighted by Crippen LogP contribution is -2.18. The van der Waals surface area contributed by atoms with Crippen LogP contribution in [-0.4, -0.2) is 23.9 Å². The van der Waals surface area contributed by atoms with Crippen molar-refractivity contribution in [3.8, 4) is 0 Å². The van der Waals surface area contributed by atoms with Crippen molar-refractivity contribution in [2.24, 2.45) is 0 Å². The van der Waals surface area contributed by atoms with Crippen molar-refractivity contribution in [3.63, 3.8) is 0 Å². The molecule has 2 aromatic rings. The summed E-state index contributed by atoms with van der Waals surface area (Å²) in [4.78, 5) is 46.1. The molecule has 6 nitrogen and oxygen atoms in total. The number of hydrogen-bond acceptors (Lipinski definition) is 6. The van der Waals surface area contributed by atoms with Gasteiger partial charge in [-0.1, -0.05) is 60.7 Å². The molecule has 27 heavy (non-hydrogen) atoms. The van der Waals surface area contributed by atoms with Crippen molar-refractivity contribution in [1.82, 2.24) is 0 Å². The predicted molar refractivity (Wildman–Crippen MR) is 97.8 cm³/mol. The zero-order valence-corrected chi connectivity index (χ0v) is 14.2. The molecule has 0 bridgehead atoms. The fourth-order valence-corrected chi connectivity index (χ4v) is 1.94. The lowest BCUT2D eigenvalue weighted by atomic mass is 10.2. The van der Waals surface area contributed by atoms with E-state index in [0.717, 1.165) is 23.3 Å². The Morgan fingerprint density at radius 3 is 1.37 bits per heavy atom. The third-order valence-electron chi connectivity index (χ3n) is 3.14. The monoisotopic (exact) mass is 364 g/mol. The average molecular weight is 364 g/mol. The smallest absolute Gasteiger partial charge is 0.338 e. The van der Waals surface area contributed by atoms with E-state index >= 15 is 0 Å². The maximum absolute atomic E-state index is 11.5. The molecule has 0 aliphatic carbocycles. The van der Waals surface area contributed by atoms with Gasteiger partial charge in [-0.05, 0) is 23.3 Å². The van der Waals surface area contributed by atoms with Gasteiger partial charge >= 0.3 is 23.9 Å². The lowest BCUT2D eigenvalue weighted by Gasteiger charge is -2.00. The van der Waals surface area contributed by atoms with Crippen LogP contribution in [0.5, 0.6) is 0 Å². The molecule has 0 saturated carbocycles. The molecule has 0 heterocycles. The van der Waals surface area contributed by atoms with Crippen molar-refractivity contribution in [2.45, 2.75) is 6.42 Å². The Morgan fingerprint density at radius 2 is 1.00 bits per heavy atom. The van der Waals surface area contributed by atoms with Crippen molar-refractivity contribution < 1.29 is 28.7 Å². The molecular formula is C21H16O6. The van der Waals surface area contributed by atoms with Crippen LogP contribution >= 0.6 is 0 Å². The first-order valence-corrected chi connectivity index (χ1v) is 7.98. The Morgan fingerprint density at radius 1 is 0.630 bits per heavy atom. The van der Waals surface area contributed by atoms with Gasteiger partial charge in [0.1, 0.15) is 6.42 Å². The van der Waals surface area contributed by atoms with Crippen molar-refractivity contribution >= 4 is 36.0 Å². The minimum atomic E-state index is -1.11. The van der Waals surface area contributed by atoms with Gasteiger partial charge in [0.05, 0.1) is 0 Å². The van der Waals surface area contributed by atoms with Gasteiger partial charge in [0, 0.05) is 12.2 Å². The molecule has 0 fully saturated rings. The van der Waals surface area contributed by atoms with Gasteiger partial charge in [0.2, 0.25) is 0 Å². The summed E-state index contributed by atoms with van der Waals surface area (Å²) >= 11 is 0. The molecular weight excluding hydrogens is 348 g/mol. The van der Waals surface area contributed by atoms with E-state index in [2.05, 4.69) is 9.47 Å². The number of esters is 4. The Labute approximate surface area is 155 Å². The van der Waals surface area contributed by atoms with E-state index in [1.807, 2.05) is 12.1 Å². The molecule has 0 spiro atoms. The SMILES string of the molecule is O=C(/C=C/c1ccccc1)OC(=O)CC(=O)OC(=O)/C=C/c1ccccc1. The lowest BCUT2D eigenvalue weighted by molar-refractivity contribution is -0.162. The molecule has 136 valence electrons. The molecule has 0 amide bonds. The molecule has 0 atom stereocenters. The molecule has 2 rings (SSSR count). The third kappa shape index (κ3) is 7.74. The average Bonchev–Trinajstić information content (AvgIpc) is 2.66. The Kier molecular flexibility index (Phi) is 7.41. The van der Waals surface area contributed by atoms with Gasteiger partial charge in [0.25, 0.3) is 0 Å². The van der Waals surface area contributed by atoms with Crippen LogP contribution in [0.25, 0.3) is 12.2 Å². The summed E-state index contributed by atoms with van der Waals surface area (Å²) in [5.41, 5.74) is 1.49. The zero-order valence-electron chi connectivity index (χ0n) is 14.2. The summed E-state index contributed by atoms with van der Waals surface area (Å²) in [6.07, 6.45) is 4.20. The number of carbonyl (C=O) groups excluding carboxylic acids is 4. The highest BCUT2D eigenvalue weighted by Crippen LogP contribution is 2.03. The van der Waals surface area contributed by atoms with Crippen LogP contribution in [0.4, 0.5) is 0 Å². The van der Waals surface area contributed by atoms with E-state index in [-0.39, 0.29) is 0 Å². The van der Waals surface area contributed by atoms with E-state index in [0.29, 0.717) is 0 Å². The van der Waals surface area contributed by atoms with Crippen LogP contribution in [0.2, 0.25) is 0 Å². The summed E-state index contributed by atoms with van der Waals surface area (Å²) in [6.45, 7) is 0. The molecule has 0 radical (unpaired) electrons. The van der Waals surface area contributed by atoms with Crippen molar-refractivity contribution in [1.29, 1.82) is 0 Å². The second-order valence-electron chi connectivity index (χ2n) is 5.25. The summed E-state index contributed by atoms with van der Waals surface area (Å²) in [6, 6.07) is 17.8. The van der Waals surface area contributed by atoms with Crippen molar-refractivity contribution in [2.75, 3.05) is 0 Å². The number of hydrogen-bond donors (Lipinski definition) is 0. The Hall–Kier alpha value is -3.80. The topological polar surface area (TPSA) is 86.7 Å². The Bertz CT molecular complexity index is 793. The van der Waals surface area contributed by atoms with Crippen LogP contribution in [0, 0.1) is 0 Å². The summed E-state index contributed by atoms with van der Waals surface area (Å²) in [7, 11) is 0. The van der Waals surface area contributed by atoms with Gasteiger partial charge in [0.15, 0.2) is 0 Å². The first-order chi connectivity index (χ1) is 13.0. The standard InChI is InChI=1S/C21H16O6/c22-18(13-11-16-7-3-1-4-8-16)26-20(24)15-21(25)27-19(23)14-12-17-9-5-2-6-10-17/h1-14H,15H2/b13-11+,14-12+. The molecule has 0 unspecified atom stereocenters. The van der Waals surface area contributed by atoms with Crippen LogP contribution in [0.15, 0.2) is 72.8 Å². The normalized spacial score (nSPS) is 10.7. The highest BCUT2D eigenvalue weighted by Gasteiger charge is 2.16. The van der Waals surface area contributed by atoms with Gasteiger partial charge in [-0.3, -0.25) is 9.59 Å². The van der Waals surface area contributed by atoms with Gasteiger partial charge < -0.3 is 9.47 Å². The van der Waals surface area contributed by atoms with E-state index in [1.54, 1.807) is 48.5 Å². The number of ether oxygens (including phenoxy) is 2. The van der Waals surface area contributed by atoms with E-state index in [1.165, 1.54) is 12.2 Å². The summed E-state index contributed by atoms with van der Waals surface area (Å²) in [5.74, 6) is -4.07. The van der Waals surface area contributed by atoms with Crippen LogP contribution in [-0.2, 0) is 28.7 Å². The summed E-state index contributed by atoms with van der Waals surface area (Å²) in [5, 5.41) is 0. The number of carbonyl (C=O) groups is 4. The first-order valence-electron chi connectivity index (χ1n) is 7.98. The van der Waals surface area contributed by atoms with Gasteiger partial charge in [-0.25, -0.2) is 9.59 Å². The minimum absolute atomic E-state index is 0.747. The highest BCUT2D eigenvalue weighted by molar-refractivity contribution is 6.03. The van der Waals surface area contributed by atoms with E-state index in [9.17, 15) is 19.2 Å². The molecule has 0 aliphatic heterocycles. The highest BCUT2D eigenvalue weighted by atomic mass is 16.6. The van der Waals surface area contributed by atoms with E-state index in [4.69, 9.17) is 0 Å². The molecule has 0 aromatic heterocycles. The largest absolute Gasteiger partial charge is 0.389 e. The maximum Gasteiger partial charge on any atom is 0.338 e. The zero-order chi connectivity index (χ0) is 19.5. The van der Waals surface area contributed by atoms with Gasteiger partial charge in [-0.2, -0.15) is 0 Å². The molecule has 0 N–H and O–H groups in total.